The van der Waals surface area contributed by atoms with Crippen molar-refractivity contribution in [3.05, 3.63) is 35.5 Å². The molecule has 2 aliphatic rings. The Morgan fingerprint density at radius 1 is 1.09 bits per heavy atom. The minimum atomic E-state index is -0.431. The third-order valence-electron chi connectivity index (χ3n) is 6.89. The monoisotopic (exact) mass is 456 g/mol. The number of hydrogen-bond acceptors (Lipinski definition) is 5. The second-order valence-electron chi connectivity index (χ2n) is 9.29. The van der Waals surface area contributed by atoms with Gasteiger partial charge in [0.15, 0.2) is 17.5 Å². The van der Waals surface area contributed by atoms with E-state index in [-0.39, 0.29) is 5.82 Å². The topological polar surface area (TPSA) is 69.7 Å². The Labute approximate surface area is 193 Å². The van der Waals surface area contributed by atoms with Crippen molar-refractivity contribution in [1.82, 2.24) is 24.8 Å². The summed E-state index contributed by atoms with van der Waals surface area (Å²) < 4.78 is 14.5. The molecule has 2 N–H and O–H groups in total. The summed E-state index contributed by atoms with van der Waals surface area (Å²) in [6.07, 6.45) is 13.9. The molecule has 3 aromatic rings. The number of likely N-dealkylation sites (tertiary alicyclic amines) is 1. The van der Waals surface area contributed by atoms with Gasteiger partial charge < -0.3 is 15.2 Å². The summed E-state index contributed by atoms with van der Waals surface area (Å²) >= 11 is 6.11. The van der Waals surface area contributed by atoms with Crippen LogP contribution in [0.1, 0.15) is 44.9 Å². The van der Waals surface area contributed by atoms with Gasteiger partial charge in [-0.2, -0.15) is 0 Å². The van der Waals surface area contributed by atoms with Gasteiger partial charge in [-0.3, -0.25) is 0 Å². The number of hydrogen-bond donors (Lipinski definition) is 2. The molecule has 0 radical (unpaired) electrons. The van der Waals surface area contributed by atoms with Crippen molar-refractivity contribution < 1.29 is 4.39 Å². The molecule has 32 heavy (non-hydrogen) atoms. The molecule has 0 bridgehead atoms. The number of nitrogens with zero attached hydrogens (tertiary/aromatic N) is 4. The SMILES string of the molecule is Fc1cnc(-c2c[nH]c3ncc(Cl)cc23)nc1NCC1CCCN(CC2CCCCC2)C1. The van der Waals surface area contributed by atoms with Gasteiger partial charge in [-0.05, 0) is 50.1 Å². The fourth-order valence-electron chi connectivity index (χ4n) is 5.24. The molecule has 0 aromatic carbocycles. The van der Waals surface area contributed by atoms with Crippen LogP contribution in [0, 0.1) is 17.7 Å². The fourth-order valence-corrected chi connectivity index (χ4v) is 5.40. The molecule has 0 amide bonds. The molecular formula is C24H30ClFN6. The fraction of sp³-hybridized carbons (Fsp3) is 0.542. The van der Waals surface area contributed by atoms with Crippen molar-refractivity contribution in [1.29, 1.82) is 0 Å². The van der Waals surface area contributed by atoms with Crippen molar-refractivity contribution in [2.45, 2.75) is 44.9 Å². The summed E-state index contributed by atoms with van der Waals surface area (Å²) in [7, 11) is 0. The summed E-state index contributed by atoms with van der Waals surface area (Å²) in [6, 6.07) is 1.82. The summed E-state index contributed by atoms with van der Waals surface area (Å²) in [5, 5.41) is 4.62. The van der Waals surface area contributed by atoms with Gasteiger partial charge in [-0.15, -0.1) is 0 Å². The van der Waals surface area contributed by atoms with E-state index in [0.717, 1.165) is 30.0 Å². The van der Waals surface area contributed by atoms with E-state index in [4.69, 9.17) is 11.6 Å². The number of fused-ring (bicyclic) bond motifs is 1. The first-order valence-electron chi connectivity index (χ1n) is 11.8. The lowest BCUT2D eigenvalue weighted by Crippen LogP contribution is -2.41. The number of aromatic amines is 1. The van der Waals surface area contributed by atoms with E-state index in [0.29, 0.717) is 22.4 Å². The smallest absolute Gasteiger partial charge is 0.183 e. The van der Waals surface area contributed by atoms with E-state index >= 15 is 0 Å². The lowest BCUT2D eigenvalue weighted by atomic mass is 9.88. The number of nitrogens with one attached hydrogen (secondary N) is 2. The van der Waals surface area contributed by atoms with E-state index in [2.05, 4.69) is 30.2 Å². The number of aromatic nitrogens is 4. The summed E-state index contributed by atoms with van der Waals surface area (Å²) in [4.78, 5) is 18.7. The van der Waals surface area contributed by atoms with Gasteiger partial charge in [0.05, 0.1) is 11.2 Å². The quantitative estimate of drug-likeness (QED) is 0.511. The van der Waals surface area contributed by atoms with E-state index in [1.165, 1.54) is 64.2 Å². The molecule has 4 heterocycles. The Kier molecular flexibility index (Phi) is 6.55. The van der Waals surface area contributed by atoms with Crippen LogP contribution in [-0.4, -0.2) is 51.0 Å². The van der Waals surface area contributed by atoms with Crippen LogP contribution < -0.4 is 5.32 Å². The Morgan fingerprint density at radius 2 is 1.94 bits per heavy atom. The van der Waals surface area contributed by atoms with E-state index < -0.39 is 5.82 Å². The van der Waals surface area contributed by atoms with Crippen LogP contribution >= 0.6 is 11.6 Å². The van der Waals surface area contributed by atoms with Crippen LogP contribution in [0.5, 0.6) is 0 Å². The number of pyridine rings is 1. The molecule has 1 saturated carbocycles. The van der Waals surface area contributed by atoms with E-state index in [9.17, 15) is 4.39 Å². The third kappa shape index (κ3) is 4.89. The number of H-pyrrole nitrogens is 1. The minimum Gasteiger partial charge on any atom is -0.367 e. The van der Waals surface area contributed by atoms with Crippen LogP contribution in [-0.2, 0) is 0 Å². The van der Waals surface area contributed by atoms with Gasteiger partial charge in [0, 0.05) is 43.0 Å². The maximum Gasteiger partial charge on any atom is 0.183 e. The summed E-state index contributed by atoms with van der Waals surface area (Å²) in [6.45, 7) is 4.21. The third-order valence-corrected chi connectivity index (χ3v) is 7.09. The number of rotatable bonds is 6. The zero-order valence-corrected chi connectivity index (χ0v) is 19.0. The zero-order valence-electron chi connectivity index (χ0n) is 18.3. The van der Waals surface area contributed by atoms with E-state index in [1.807, 2.05) is 6.07 Å². The second kappa shape index (κ2) is 9.71. The normalized spacial score (nSPS) is 20.6. The van der Waals surface area contributed by atoms with Gasteiger partial charge in [0.2, 0.25) is 0 Å². The molecule has 2 fully saturated rings. The van der Waals surface area contributed by atoms with Crippen LogP contribution in [0.25, 0.3) is 22.4 Å². The van der Waals surface area contributed by atoms with Crippen molar-refractivity contribution in [3.63, 3.8) is 0 Å². The molecule has 1 atom stereocenters. The number of anilines is 1. The molecule has 0 spiro atoms. The van der Waals surface area contributed by atoms with E-state index in [1.54, 1.807) is 12.4 Å². The first-order valence-corrected chi connectivity index (χ1v) is 12.2. The first kappa shape index (κ1) is 21.6. The summed E-state index contributed by atoms with van der Waals surface area (Å²) in [5.74, 6) is 1.63. The highest BCUT2D eigenvalue weighted by Crippen LogP contribution is 2.29. The molecule has 8 heteroatoms. The number of piperidine rings is 1. The van der Waals surface area contributed by atoms with Crippen LogP contribution in [0.2, 0.25) is 5.02 Å². The molecular weight excluding hydrogens is 427 g/mol. The highest BCUT2D eigenvalue weighted by atomic mass is 35.5. The molecule has 5 rings (SSSR count). The van der Waals surface area contributed by atoms with Crippen molar-refractivity contribution in [2.75, 3.05) is 31.5 Å². The van der Waals surface area contributed by atoms with Gasteiger partial charge in [-0.25, -0.2) is 19.3 Å². The largest absolute Gasteiger partial charge is 0.367 e. The van der Waals surface area contributed by atoms with Crippen molar-refractivity contribution >= 4 is 28.5 Å². The van der Waals surface area contributed by atoms with Crippen molar-refractivity contribution in [2.24, 2.45) is 11.8 Å². The Hall–Kier alpha value is -2.25. The first-order chi connectivity index (χ1) is 15.7. The van der Waals surface area contributed by atoms with Gasteiger partial charge in [0.1, 0.15) is 5.65 Å². The van der Waals surface area contributed by atoms with Crippen LogP contribution in [0.3, 0.4) is 0 Å². The lowest BCUT2D eigenvalue weighted by Gasteiger charge is -2.36. The highest BCUT2D eigenvalue weighted by molar-refractivity contribution is 6.31. The molecule has 1 saturated heterocycles. The average Bonchev–Trinajstić information content (AvgIpc) is 3.22. The van der Waals surface area contributed by atoms with Gasteiger partial charge in [-0.1, -0.05) is 30.9 Å². The molecule has 3 aromatic heterocycles. The summed E-state index contributed by atoms with van der Waals surface area (Å²) in [5.41, 5.74) is 1.46. The number of halogens is 2. The lowest BCUT2D eigenvalue weighted by molar-refractivity contribution is 0.142. The minimum absolute atomic E-state index is 0.253. The maximum atomic E-state index is 14.5. The standard InChI is InChI=1S/C24H30ClFN6/c25-18-9-19-20(12-29-22(19)28-11-18)23-30-13-21(26)24(31-23)27-10-17-7-4-8-32(15-17)14-16-5-2-1-3-6-16/h9,11-13,16-17H,1-8,10,14-15H2,(H,28,29)(H,27,30,31). The average molecular weight is 457 g/mol. The molecule has 6 nitrogen and oxygen atoms in total. The zero-order chi connectivity index (χ0) is 21.9. The van der Waals surface area contributed by atoms with Crippen LogP contribution in [0.15, 0.2) is 24.7 Å². The second-order valence-corrected chi connectivity index (χ2v) is 9.73. The van der Waals surface area contributed by atoms with Crippen LogP contribution in [0.4, 0.5) is 10.2 Å². The predicted molar refractivity (Wildman–Crippen MR) is 126 cm³/mol. The molecule has 1 aliphatic carbocycles. The van der Waals surface area contributed by atoms with Crippen molar-refractivity contribution in [3.8, 4) is 11.4 Å². The predicted octanol–water partition coefficient (Wildman–Crippen LogP) is 5.52. The molecule has 1 aliphatic heterocycles. The van der Waals surface area contributed by atoms with Gasteiger partial charge >= 0.3 is 0 Å². The molecule has 1 unspecified atom stereocenters. The Morgan fingerprint density at radius 3 is 2.81 bits per heavy atom. The Bertz CT molecular complexity index is 1060. The molecule has 170 valence electrons. The highest BCUT2D eigenvalue weighted by Gasteiger charge is 2.24. The Balaban J connectivity index is 1.25. The van der Waals surface area contributed by atoms with Gasteiger partial charge in [0.25, 0.3) is 0 Å². The maximum absolute atomic E-state index is 14.5.